The first-order chi connectivity index (χ1) is 9.79. The van der Waals surface area contributed by atoms with Gasteiger partial charge in [-0.2, -0.15) is 0 Å². The van der Waals surface area contributed by atoms with Crippen LogP contribution in [0.1, 0.15) is 32.3 Å². The van der Waals surface area contributed by atoms with E-state index in [1.165, 1.54) is 18.5 Å². The molecule has 1 aromatic rings. The van der Waals surface area contributed by atoms with Crippen molar-refractivity contribution < 1.29 is 0 Å². The first-order valence-electron chi connectivity index (χ1n) is 6.71. The van der Waals surface area contributed by atoms with Gasteiger partial charge in [-0.15, -0.1) is 0 Å². The number of aromatic nitrogens is 2. The largest absolute Gasteiger partial charge is 0.301 e. The predicted molar refractivity (Wildman–Crippen MR) is 89.1 cm³/mol. The summed E-state index contributed by atoms with van der Waals surface area (Å²) in [7, 11) is 0. The quantitative estimate of drug-likeness (QED) is 0.312. The number of nitrogens with zero attached hydrogens (tertiary/aromatic N) is 2. The monoisotopic (exact) mass is 290 g/mol. The maximum absolute atomic E-state index is 4.25. The molecule has 0 aromatic carbocycles. The predicted octanol–water partition coefficient (Wildman–Crippen LogP) is 3.99. The molecule has 0 saturated carbocycles. The van der Waals surface area contributed by atoms with Gasteiger partial charge in [0.2, 0.25) is 0 Å². The Balaban J connectivity index is 2.64. The number of allylic oxidation sites excluding steroid dienone is 5. The minimum absolute atomic E-state index is 0.772. The average Bonchev–Trinajstić information content (AvgIpc) is 2.48. The smallest absolute Gasteiger partial charge is 0.148 e. The van der Waals surface area contributed by atoms with Crippen molar-refractivity contribution in [1.29, 1.82) is 0 Å². The van der Waals surface area contributed by atoms with Crippen LogP contribution in [0, 0.1) is 0 Å². The van der Waals surface area contributed by atoms with E-state index in [2.05, 4.69) is 45.1 Å². The molecule has 0 fully saturated rings. The van der Waals surface area contributed by atoms with Crippen LogP contribution in [0.3, 0.4) is 0 Å². The lowest BCUT2D eigenvalue weighted by atomic mass is 10.1. The molecule has 0 aliphatic carbocycles. The number of nitrogens with one attached hydrogen (secondary N) is 2. The highest BCUT2D eigenvalue weighted by atomic mass is 32.2. The van der Waals surface area contributed by atoms with Gasteiger partial charge in [-0.3, -0.25) is 0 Å². The fourth-order valence-corrected chi connectivity index (χ4v) is 2.04. The molecular formula is C15H22N4S. The van der Waals surface area contributed by atoms with Crippen LogP contribution in [-0.2, 0) is 0 Å². The van der Waals surface area contributed by atoms with Crippen molar-refractivity contribution >= 4 is 23.5 Å². The average molecular weight is 290 g/mol. The highest BCUT2D eigenvalue weighted by molar-refractivity contribution is 7.98. The van der Waals surface area contributed by atoms with Gasteiger partial charge in [-0.05, 0) is 25.3 Å². The fourth-order valence-electron chi connectivity index (χ4n) is 1.40. The third-order valence-electron chi connectivity index (χ3n) is 2.46. The summed E-state index contributed by atoms with van der Waals surface area (Å²) in [6.45, 7) is 9.15. The molecule has 0 amide bonds. The first-order valence-corrected chi connectivity index (χ1v) is 7.53. The Morgan fingerprint density at radius 3 is 3.05 bits per heavy atom. The molecule has 0 bridgehead atoms. The zero-order valence-electron chi connectivity index (χ0n) is 12.1. The summed E-state index contributed by atoms with van der Waals surface area (Å²) in [6, 6.07) is 0. The van der Waals surface area contributed by atoms with Gasteiger partial charge in [-0.1, -0.05) is 37.8 Å². The first kappa shape index (κ1) is 16.5. The molecule has 20 heavy (non-hydrogen) atoms. The summed E-state index contributed by atoms with van der Waals surface area (Å²) in [6.07, 6.45) is 13.5. The van der Waals surface area contributed by atoms with Crippen LogP contribution in [0.15, 0.2) is 43.4 Å². The minimum Gasteiger partial charge on any atom is -0.301 e. The van der Waals surface area contributed by atoms with Crippen LogP contribution >= 0.6 is 12.1 Å². The van der Waals surface area contributed by atoms with E-state index < -0.39 is 0 Å². The standard InChI is InChI=1S/C15H22N4S/c1-4-6-7-8-9-13(3)14-11-16-12-17-15(14)19-20-18-10-5-2/h4,6,8-9,11-12,18H,3,5,7,10H2,1-2H3,(H,16,17,19)/b6-4-,9-8-. The lowest BCUT2D eigenvalue weighted by Crippen LogP contribution is -2.09. The van der Waals surface area contributed by atoms with Crippen LogP contribution in [0.2, 0.25) is 0 Å². The third kappa shape index (κ3) is 6.04. The van der Waals surface area contributed by atoms with Crippen LogP contribution in [0.4, 0.5) is 5.82 Å². The molecule has 0 aliphatic rings. The van der Waals surface area contributed by atoms with E-state index >= 15 is 0 Å². The van der Waals surface area contributed by atoms with Crippen molar-refractivity contribution in [3.05, 3.63) is 49.0 Å². The third-order valence-corrected chi connectivity index (χ3v) is 3.10. The van der Waals surface area contributed by atoms with Crippen molar-refractivity contribution in [3.8, 4) is 0 Å². The van der Waals surface area contributed by atoms with E-state index in [1.54, 1.807) is 6.20 Å². The van der Waals surface area contributed by atoms with Gasteiger partial charge in [0.05, 0.1) is 0 Å². The molecule has 108 valence electrons. The SMILES string of the molecule is C=C(/C=C\C/C=C\C)c1cncnc1NSNCCC. The van der Waals surface area contributed by atoms with Gasteiger partial charge in [0.25, 0.3) is 0 Å². The zero-order valence-corrected chi connectivity index (χ0v) is 12.9. The summed E-state index contributed by atoms with van der Waals surface area (Å²) in [5, 5.41) is 0. The van der Waals surface area contributed by atoms with Crippen LogP contribution in [0.5, 0.6) is 0 Å². The van der Waals surface area contributed by atoms with E-state index in [9.17, 15) is 0 Å². The molecule has 2 N–H and O–H groups in total. The van der Waals surface area contributed by atoms with Crippen molar-refractivity contribution in [2.24, 2.45) is 0 Å². The Bertz CT molecular complexity index is 469. The van der Waals surface area contributed by atoms with Gasteiger partial charge in [0.15, 0.2) is 0 Å². The zero-order chi connectivity index (χ0) is 14.6. The van der Waals surface area contributed by atoms with Crippen LogP contribution in [-0.4, -0.2) is 16.5 Å². The maximum atomic E-state index is 4.25. The molecule has 0 saturated heterocycles. The molecular weight excluding hydrogens is 268 g/mol. The highest BCUT2D eigenvalue weighted by Crippen LogP contribution is 2.22. The second-order valence-corrected chi connectivity index (χ2v) is 4.81. The Hall–Kier alpha value is -1.59. The van der Waals surface area contributed by atoms with Gasteiger partial charge >= 0.3 is 0 Å². The Kier molecular flexibility index (Phi) is 8.42. The molecule has 4 nitrogen and oxygen atoms in total. The maximum Gasteiger partial charge on any atom is 0.148 e. The van der Waals surface area contributed by atoms with Gasteiger partial charge < -0.3 is 4.72 Å². The van der Waals surface area contributed by atoms with Crippen molar-refractivity contribution in [2.75, 3.05) is 11.3 Å². The molecule has 0 unspecified atom stereocenters. The molecule has 0 spiro atoms. The van der Waals surface area contributed by atoms with Crippen molar-refractivity contribution in [3.63, 3.8) is 0 Å². The van der Waals surface area contributed by atoms with Crippen LogP contribution < -0.4 is 9.44 Å². The molecule has 0 atom stereocenters. The second kappa shape index (κ2) is 10.2. The number of hydrogen-bond acceptors (Lipinski definition) is 5. The van der Waals surface area contributed by atoms with E-state index in [0.29, 0.717) is 0 Å². The highest BCUT2D eigenvalue weighted by Gasteiger charge is 2.05. The van der Waals surface area contributed by atoms with E-state index in [0.717, 1.165) is 36.3 Å². The van der Waals surface area contributed by atoms with Crippen LogP contribution in [0.25, 0.3) is 5.57 Å². The van der Waals surface area contributed by atoms with E-state index in [4.69, 9.17) is 0 Å². The molecule has 0 radical (unpaired) electrons. The summed E-state index contributed by atoms with van der Waals surface area (Å²) in [4.78, 5) is 8.32. The van der Waals surface area contributed by atoms with Gasteiger partial charge in [0.1, 0.15) is 12.1 Å². The summed E-state index contributed by atoms with van der Waals surface area (Å²) >= 11 is 1.43. The molecule has 1 rings (SSSR count). The molecule has 1 heterocycles. The lowest BCUT2D eigenvalue weighted by molar-refractivity contribution is 0.879. The Labute approximate surface area is 125 Å². The second-order valence-electron chi connectivity index (χ2n) is 4.12. The number of rotatable bonds is 9. The van der Waals surface area contributed by atoms with Crippen molar-refractivity contribution in [1.82, 2.24) is 14.7 Å². The van der Waals surface area contributed by atoms with Crippen molar-refractivity contribution in [2.45, 2.75) is 26.7 Å². The molecule has 0 aliphatic heterocycles. The number of anilines is 1. The summed E-state index contributed by atoms with van der Waals surface area (Å²) in [5.41, 5.74) is 1.81. The molecule has 1 aromatic heterocycles. The Morgan fingerprint density at radius 1 is 1.45 bits per heavy atom. The Morgan fingerprint density at radius 2 is 2.30 bits per heavy atom. The van der Waals surface area contributed by atoms with Gasteiger partial charge in [0, 0.05) is 30.4 Å². The number of hydrogen-bond donors (Lipinski definition) is 2. The van der Waals surface area contributed by atoms with Gasteiger partial charge in [-0.25, -0.2) is 14.7 Å². The van der Waals surface area contributed by atoms with E-state index in [1.807, 2.05) is 19.1 Å². The minimum atomic E-state index is 0.772. The summed E-state index contributed by atoms with van der Waals surface area (Å²) < 4.78 is 6.37. The topological polar surface area (TPSA) is 49.8 Å². The fraction of sp³-hybridized carbons (Fsp3) is 0.333. The lowest BCUT2D eigenvalue weighted by Gasteiger charge is -2.09. The normalized spacial score (nSPS) is 11.3. The van der Waals surface area contributed by atoms with E-state index in [-0.39, 0.29) is 0 Å². The molecule has 5 heteroatoms. The summed E-state index contributed by atoms with van der Waals surface area (Å²) in [5.74, 6) is 0.772.